The largest absolute Gasteiger partial charge is 0.382 e. The number of anilines is 1. The molecule has 9 heteroatoms. The number of aromatic nitrogens is 3. The van der Waals surface area contributed by atoms with Gasteiger partial charge in [0.25, 0.3) is 0 Å². The molecule has 4 aromatic rings. The molecule has 0 bridgehead atoms. The van der Waals surface area contributed by atoms with E-state index in [1.54, 1.807) is 23.8 Å². The second-order valence-electron chi connectivity index (χ2n) is 9.14. The molecular weight excluding hydrogens is 470 g/mol. The quantitative estimate of drug-likeness (QED) is 0.371. The van der Waals surface area contributed by atoms with Crippen molar-refractivity contribution in [2.24, 2.45) is 0 Å². The first-order valence-corrected chi connectivity index (χ1v) is 12.0. The molecular formula is C28H29N5O4. The molecule has 2 N–H and O–H groups in total. The number of nitriles is 1. The van der Waals surface area contributed by atoms with E-state index in [-0.39, 0.29) is 6.61 Å². The number of nitrogens with two attached hydrogens (primary N) is 1. The fourth-order valence-corrected chi connectivity index (χ4v) is 4.96. The van der Waals surface area contributed by atoms with E-state index in [4.69, 9.17) is 24.7 Å². The van der Waals surface area contributed by atoms with Crippen molar-refractivity contribution in [1.82, 2.24) is 14.6 Å². The zero-order valence-corrected chi connectivity index (χ0v) is 20.8. The molecule has 0 saturated carbocycles. The first-order valence-electron chi connectivity index (χ1n) is 12.0. The van der Waals surface area contributed by atoms with Gasteiger partial charge >= 0.3 is 0 Å². The minimum atomic E-state index is -1.57. The average Bonchev–Trinajstić information content (AvgIpc) is 3.47. The van der Waals surface area contributed by atoms with Crippen LogP contribution in [0.1, 0.15) is 23.7 Å². The molecule has 0 amide bonds. The summed E-state index contributed by atoms with van der Waals surface area (Å²) in [6, 6.07) is 25.6. The topological polar surface area (TPSA) is 117 Å². The van der Waals surface area contributed by atoms with Crippen molar-refractivity contribution in [2.45, 2.75) is 43.5 Å². The maximum Gasteiger partial charge on any atom is 0.228 e. The van der Waals surface area contributed by atoms with Gasteiger partial charge in [-0.1, -0.05) is 60.7 Å². The van der Waals surface area contributed by atoms with Gasteiger partial charge in [0.1, 0.15) is 35.7 Å². The molecule has 4 atom stereocenters. The summed E-state index contributed by atoms with van der Waals surface area (Å²) < 4.78 is 26.8. The second-order valence-corrected chi connectivity index (χ2v) is 9.14. The highest BCUT2D eigenvalue weighted by molar-refractivity contribution is 5.66. The molecule has 1 aliphatic heterocycles. The number of rotatable bonds is 9. The van der Waals surface area contributed by atoms with Crippen LogP contribution in [0.5, 0.6) is 0 Å². The highest BCUT2D eigenvalue weighted by Crippen LogP contribution is 2.50. The van der Waals surface area contributed by atoms with E-state index in [9.17, 15) is 5.26 Å². The number of nitrogen functional groups attached to an aromatic ring is 1. The summed E-state index contributed by atoms with van der Waals surface area (Å²) in [5, 5.41) is 15.0. The molecule has 0 spiro atoms. The first kappa shape index (κ1) is 24.9. The van der Waals surface area contributed by atoms with Crippen LogP contribution in [0.25, 0.3) is 5.52 Å². The number of fused-ring (bicyclic) bond motifs is 1. The Morgan fingerprint density at radius 1 is 1.03 bits per heavy atom. The van der Waals surface area contributed by atoms with Gasteiger partial charge in [-0.3, -0.25) is 0 Å². The molecule has 2 aromatic heterocycles. The molecule has 190 valence electrons. The summed E-state index contributed by atoms with van der Waals surface area (Å²) in [7, 11) is 1.56. The number of hydrogen-bond acceptors (Lipinski definition) is 8. The van der Waals surface area contributed by atoms with E-state index < -0.39 is 23.4 Å². The molecule has 1 aliphatic rings. The Bertz CT molecular complexity index is 1390. The SMILES string of the molecule is COC1(C)C(OCc2ccccc2)C(COCc2ccccc2)OC1(C#N)c1ccc2c(N)ncnn12. The molecule has 5 rings (SSSR count). The van der Waals surface area contributed by atoms with Gasteiger partial charge in [0.15, 0.2) is 5.82 Å². The molecule has 1 saturated heterocycles. The van der Waals surface area contributed by atoms with Crippen LogP contribution in [0.4, 0.5) is 5.82 Å². The van der Waals surface area contributed by atoms with Crippen molar-refractivity contribution in [3.8, 4) is 6.07 Å². The lowest BCUT2D eigenvalue weighted by Crippen LogP contribution is -2.54. The molecule has 2 aromatic carbocycles. The average molecular weight is 500 g/mol. The van der Waals surface area contributed by atoms with Gasteiger partial charge in [-0.2, -0.15) is 10.4 Å². The van der Waals surface area contributed by atoms with Crippen LogP contribution in [-0.2, 0) is 37.8 Å². The Labute approximate surface area is 215 Å². The van der Waals surface area contributed by atoms with E-state index in [0.29, 0.717) is 30.2 Å². The molecule has 0 radical (unpaired) electrons. The van der Waals surface area contributed by atoms with Gasteiger partial charge in [0.2, 0.25) is 5.60 Å². The summed E-state index contributed by atoms with van der Waals surface area (Å²) in [6.07, 6.45) is 0.0967. The standard InChI is InChI=1S/C28H29N5O4/c1-27(34-2)25(36-16-21-11-7-4-8-12-21)23(17-35-15-20-9-5-3-6-10-20)37-28(27,18-29)24-14-13-22-26(30)31-19-32-33(22)24/h3-14,19,23,25H,15-17H2,1-2H3,(H2,30,31,32). The molecule has 4 unspecified atom stereocenters. The van der Waals surface area contributed by atoms with Crippen LogP contribution in [0.3, 0.4) is 0 Å². The first-order chi connectivity index (χ1) is 18.0. The normalized spacial score (nSPS) is 25.3. The second kappa shape index (κ2) is 10.3. The van der Waals surface area contributed by atoms with Crippen molar-refractivity contribution in [1.29, 1.82) is 5.26 Å². The number of hydrogen-bond donors (Lipinski definition) is 1. The van der Waals surface area contributed by atoms with Gasteiger partial charge in [-0.25, -0.2) is 9.50 Å². The van der Waals surface area contributed by atoms with Gasteiger partial charge in [0.05, 0.1) is 25.5 Å². The molecule has 1 fully saturated rings. The Morgan fingerprint density at radius 3 is 2.35 bits per heavy atom. The van der Waals surface area contributed by atoms with E-state index in [2.05, 4.69) is 16.2 Å². The van der Waals surface area contributed by atoms with Crippen molar-refractivity contribution in [2.75, 3.05) is 19.5 Å². The van der Waals surface area contributed by atoms with Crippen LogP contribution in [-0.4, -0.2) is 46.1 Å². The summed E-state index contributed by atoms with van der Waals surface area (Å²) >= 11 is 0. The maximum absolute atomic E-state index is 10.7. The van der Waals surface area contributed by atoms with E-state index in [1.165, 1.54) is 6.33 Å². The molecule has 3 heterocycles. The van der Waals surface area contributed by atoms with Gasteiger partial charge < -0.3 is 24.7 Å². The van der Waals surface area contributed by atoms with Crippen LogP contribution in [0.15, 0.2) is 79.1 Å². The van der Waals surface area contributed by atoms with Crippen LogP contribution < -0.4 is 5.73 Å². The molecule has 37 heavy (non-hydrogen) atoms. The third-order valence-corrected chi connectivity index (χ3v) is 7.00. The highest BCUT2D eigenvalue weighted by Gasteiger charge is 2.67. The Kier molecular flexibility index (Phi) is 6.91. The van der Waals surface area contributed by atoms with Gasteiger partial charge in [0, 0.05) is 7.11 Å². The Morgan fingerprint density at radius 2 is 1.70 bits per heavy atom. The lowest BCUT2D eigenvalue weighted by atomic mass is 9.79. The number of nitrogens with zero attached hydrogens (tertiary/aromatic N) is 4. The maximum atomic E-state index is 10.7. The lowest BCUT2D eigenvalue weighted by Gasteiger charge is -2.38. The summed E-state index contributed by atoms with van der Waals surface area (Å²) in [4.78, 5) is 4.06. The molecule has 0 aliphatic carbocycles. The predicted octanol–water partition coefficient (Wildman–Crippen LogP) is 3.64. The van der Waals surface area contributed by atoms with E-state index >= 15 is 0 Å². The van der Waals surface area contributed by atoms with Crippen molar-refractivity contribution in [3.05, 3.63) is 95.9 Å². The van der Waals surface area contributed by atoms with Crippen LogP contribution in [0.2, 0.25) is 0 Å². The number of benzene rings is 2. The molecule has 9 nitrogen and oxygen atoms in total. The van der Waals surface area contributed by atoms with Crippen molar-refractivity contribution < 1.29 is 18.9 Å². The van der Waals surface area contributed by atoms with Crippen molar-refractivity contribution >= 4 is 11.3 Å². The summed E-state index contributed by atoms with van der Waals surface area (Å²) in [5.41, 5.74) is 6.35. The third kappa shape index (κ3) is 4.34. The van der Waals surface area contributed by atoms with Crippen LogP contribution >= 0.6 is 0 Å². The number of methoxy groups -OCH3 is 1. The fourth-order valence-electron chi connectivity index (χ4n) is 4.96. The predicted molar refractivity (Wildman–Crippen MR) is 136 cm³/mol. The van der Waals surface area contributed by atoms with Crippen molar-refractivity contribution in [3.63, 3.8) is 0 Å². The smallest absolute Gasteiger partial charge is 0.228 e. The summed E-state index contributed by atoms with van der Waals surface area (Å²) in [5.74, 6) is 0.297. The van der Waals surface area contributed by atoms with E-state index in [0.717, 1.165) is 11.1 Å². The van der Waals surface area contributed by atoms with Gasteiger partial charge in [-0.05, 0) is 30.2 Å². The fraction of sp³-hybridized carbons (Fsp3) is 0.321. The Hall–Kier alpha value is -3.81. The number of ether oxygens (including phenoxy) is 4. The zero-order valence-electron chi connectivity index (χ0n) is 20.8. The minimum absolute atomic E-state index is 0.192. The highest BCUT2D eigenvalue weighted by atomic mass is 16.6. The Balaban J connectivity index is 1.51. The summed E-state index contributed by atoms with van der Waals surface area (Å²) in [6.45, 7) is 2.73. The third-order valence-electron chi connectivity index (χ3n) is 7.00. The minimum Gasteiger partial charge on any atom is -0.382 e. The zero-order chi connectivity index (χ0) is 25.9. The van der Waals surface area contributed by atoms with Gasteiger partial charge in [-0.15, -0.1) is 0 Å². The monoisotopic (exact) mass is 499 g/mol. The lowest BCUT2D eigenvalue weighted by molar-refractivity contribution is -0.144. The van der Waals surface area contributed by atoms with E-state index in [1.807, 2.05) is 67.6 Å². The van der Waals surface area contributed by atoms with Crippen LogP contribution in [0, 0.1) is 11.3 Å².